The molecule has 0 atom stereocenters. The SMILES string of the molecule is COc1ccccc1NC(N)=NCc1ccc(C)cc1OCC(F)(F)F.I. The number of nitrogens with two attached hydrogens (primary N) is 1. The summed E-state index contributed by atoms with van der Waals surface area (Å²) >= 11 is 0. The highest BCUT2D eigenvalue weighted by molar-refractivity contribution is 14.0. The van der Waals surface area contributed by atoms with E-state index in [0.717, 1.165) is 5.56 Å². The summed E-state index contributed by atoms with van der Waals surface area (Å²) in [5, 5.41) is 2.90. The first-order valence-electron chi connectivity index (χ1n) is 7.77. The van der Waals surface area contributed by atoms with Gasteiger partial charge in [0.15, 0.2) is 12.6 Å². The number of halogens is 4. The van der Waals surface area contributed by atoms with Gasteiger partial charge in [0.2, 0.25) is 0 Å². The molecule has 0 fully saturated rings. The monoisotopic (exact) mass is 495 g/mol. The third-order valence-corrected chi connectivity index (χ3v) is 3.40. The summed E-state index contributed by atoms with van der Waals surface area (Å²) in [5.74, 6) is 0.836. The molecule has 0 aliphatic carbocycles. The fraction of sp³-hybridized carbons (Fsp3) is 0.278. The van der Waals surface area contributed by atoms with Crippen LogP contribution >= 0.6 is 24.0 Å². The number of nitrogens with one attached hydrogen (secondary N) is 1. The highest BCUT2D eigenvalue weighted by atomic mass is 127. The normalized spacial score (nSPS) is 11.5. The highest BCUT2D eigenvalue weighted by Gasteiger charge is 2.28. The molecule has 3 N–H and O–H groups in total. The quantitative estimate of drug-likeness (QED) is 0.352. The van der Waals surface area contributed by atoms with Gasteiger partial charge in [-0.15, -0.1) is 24.0 Å². The molecule has 0 unspecified atom stereocenters. The van der Waals surface area contributed by atoms with Crippen LogP contribution in [0.4, 0.5) is 18.9 Å². The van der Waals surface area contributed by atoms with Crippen LogP contribution in [-0.2, 0) is 6.54 Å². The minimum Gasteiger partial charge on any atom is -0.495 e. The van der Waals surface area contributed by atoms with E-state index >= 15 is 0 Å². The number of anilines is 1. The Morgan fingerprint density at radius 3 is 2.52 bits per heavy atom. The zero-order valence-electron chi connectivity index (χ0n) is 14.8. The first kappa shape index (κ1) is 22.9. The number of hydrogen-bond acceptors (Lipinski definition) is 3. The number of ether oxygens (including phenoxy) is 2. The van der Waals surface area contributed by atoms with Crippen molar-refractivity contribution in [3.05, 3.63) is 53.6 Å². The molecule has 0 radical (unpaired) electrons. The Morgan fingerprint density at radius 2 is 1.85 bits per heavy atom. The molecular formula is C18H21F3IN3O2. The van der Waals surface area contributed by atoms with Crippen LogP contribution in [0, 0.1) is 6.92 Å². The number of hydrogen-bond donors (Lipinski definition) is 2. The number of para-hydroxylation sites is 2. The standard InChI is InChI=1S/C18H20F3N3O2.HI/c1-12-7-8-13(16(9-12)26-11-18(19,20)21)10-23-17(22)24-14-5-3-4-6-15(14)25-2;/h3-9H,10-11H2,1-2H3,(H3,22,23,24);1H. The molecular weight excluding hydrogens is 474 g/mol. The number of rotatable bonds is 6. The van der Waals surface area contributed by atoms with Gasteiger partial charge in [-0.1, -0.05) is 24.3 Å². The molecule has 27 heavy (non-hydrogen) atoms. The number of alkyl halides is 3. The first-order valence-corrected chi connectivity index (χ1v) is 7.77. The van der Waals surface area contributed by atoms with Crippen LogP contribution in [0.5, 0.6) is 11.5 Å². The van der Waals surface area contributed by atoms with Gasteiger partial charge in [-0.3, -0.25) is 0 Å². The number of guanidine groups is 1. The van der Waals surface area contributed by atoms with Crippen LogP contribution in [0.25, 0.3) is 0 Å². The van der Waals surface area contributed by atoms with Crippen molar-refractivity contribution in [3.63, 3.8) is 0 Å². The molecule has 2 aromatic rings. The average molecular weight is 495 g/mol. The Labute approximate surface area is 172 Å². The van der Waals surface area contributed by atoms with E-state index in [4.69, 9.17) is 15.2 Å². The van der Waals surface area contributed by atoms with E-state index in [1.807, 2.05) is 6.07 Å². The van der Waals surface area contributed by atoms with Gasteiger partial charge in [-0.25, -0.2) is 4.99 Å². The topological polar surface area (TPSA) is 68.9 Å². The van der Waals surface area contributed by atoms with Gasteiger partial charge in [-0.05, 0) is 30.7 Å². The van der Waals surface area contributed by atoms with E-state index in [9.17, 15) is 13.2 Å². The second-order valence-electron chi connectivity index (χ2n) is 5.54. The summed E-state index contributed by atoms with van der Waals surface area (Å²) in [6.45, 7) is 0.481. The smallest absolute Gasteiger partial charge is 0.422 e. The molecule has 0 bridgehead atoms. The molecule has 0 saturated heterocycles. The predicted octanol–water partition coefficient (Wildman–Crippen LogP) is 4.49. The van der Waals surface area contributed by atoms with Crippen LogP contribution in [0.1, 0.15) is 11.1 Å². The van der Waals surface area contributed by atoms with E-state index in [0.29, 0.717) is 17.0 Å². The fourth-order valence-electron chi connectivity index (χ4n) is 2.18. The molecule has 0 heterocycles. The fourth-order valence-corrected chi connectivity index (χ4v) is 2.18. The Hall–Kier alpha value is -2.17. The van der Waals surface area contributed by atoms with Gasteiger partial charge in [0.05, 0.1) is 19.3 Å². The summed E-state index contributed by atoms with van der Waals surface area (Å²) in [7, 11) is 1.53. The Morgan fingerprint density at radius 1 is 1.15 bits per heavy atom. The molecule has 0 aromatic heterocycles. The Kier molecular flexibility index (Phi) is 8.67. The maximum Gasteiger partial charge on any atom is 0.422 e. The zero-order chi connectivity index (χ0) is 19.2. The Bertz CT molecular complexity index is 783. The van der Waals surface area contributed by atoms with Crippen LogP contribution in [0.15, 0.2) is 47.5 Å². The molecule has 5 nitrogen and oxygen atoms in total. The molecule has 0 amide bonds. The van der Waals surface area contributed by atoms with Crippen molar-refractivity contribution in [3.8, 4) is 11.5 Å². The molecule has 9 heteroatoms. The van der Waals surface area contributed by atoms with Crippen molar-refractivity contribution >= 4 is 35.6 Å². The van der Waals surface area contributed by atoms with Crippen molar-refractivity contribution in [1.82, 2.24) is 0 Å². The molecule has 2 aromatic carbocycles. The molecule has 0 aliphatic rings. The summed E-state index contributed by atoms with van der Waals surface area (Å²) < 4.78 is 47.3. The summed E-state index contributed by atoms with van der Waals surface area (Å²) in [6, 6.07) is 12.1. The third-order valence-electron chi connectivity index (χ3n) is 3.40. The molecule has 0 aliphatic heterocycles. The maximum atomic E-state index is 12.4. The van der Waals surface area contributed by atoms with E-state index < -0.39 is 12.8 Å². The average Bonchev–Trinajstić information content (AvgIpc) is 2.59. The second-order valence-corrected chi connectivity index (χ2v) is 5.54. The van der Waals surface area contributed by atoms with Crippen molar-refractivity contribution in [2.75, 3.05) is 19.0 Å². The molecule has 0 spiro atoms. The minimum atomic E-state index is -4.41. The van der Waals surface area contributed by atoms with Gasteiger partial charge in [-0.2, -0.15) is 13.2 Å². The molecule has 0 saturated carbocycles. The molecule has 148 valence electrons. The van der Waals surface area contributed by atoms with Gasteiger partial charge in [0.1, 0.15) is 11.5 Å². The van der Waals surface area contributed by atoms with Crippen molar-refractivity contribution in [1.29, 1.82) is 0 Å². The van der Waals surface area contributed by atoms with Gasteiger partial charge < -0.3 is 20.5 Å². The minimum absolute atomic E-state index is 0. The number of methoxy groups -OCH3 is 1. The number of benzene rings is 2. The number of nitrogens with zero attached hydrogens (tertiary/aromatic N) is 1. The summed E-state index contributed by atoms with van der Waals surface area (Å²) in [4.78, 5) is 4.17. The lowest BCUT2D eigenvalue weighted by atomic mass is 10.1. The largest absolute Gasteiger partial charge is 0.495 e. The lowest BCUT2D eigenvalue weighted by Crippen LogP contribution is -2.23. The Balaban J connectivity index is 0.00000364. The third kappa shape index (κ3) is 7.53. The van der Waals surface area contributed by atoms with Crippen LogP contribution in [-0.4, -0.2) is 25.9 Å². The first-order chi connectivity index (χ1) is 12.3. The van der Waals surface area contributed by atoms with Crippen molar-refractivity contribution < 1.29 is 22.6 Å². The van der Waals surface area contributed by atoms with E-state index in [1.54, 1.807) is 43.3 Å². The van der Waals surface area contributed by atoms with E-state index in [1.165, 1.54) is 7.11 Å². The highest BCUT2D eigenvalue weighted by Crippen LogP contribution is 2.25. The van der Waals surface area contributed by atoms with Gasteiger partial charge in [0, 0.05) is 5.56 Å². The van der Waals surface area contributed by atoms with E-state index in [2.05, 4.69) is 10.3 Å². The van der Waals surface area contributed by atoms with Crippen molar-refractivity contribution in [2.45, 2.75) is 19.6 Å². The lowest BCUT2D eigenvalue weighted by molar-refractivity contribution is -0.153. The zero-order valence-corrected chi connectivity index (χ0v) is 17.2. The molecule has 2 rings (SSSR count). The van der Waals surface area contributed by atoms with E-state index in [-0.39, 0.29) is 42.2 Å². The number of aryl methyl sites for hydroxylation is 1. The lowest BCUT2D eigenvalue weighted by Gasteiger charge is -2.14. The second kappa shape index (κ2) is 10.2. The van der Waals surface area contributed by atoms with Gasteiger partial charge >= 0.3 is 6.18 Å². The predicted molar refractivity (Wildman–Crippen MR) is 110 cm³/mol. The number of aliphatic imine (C=N–C) groups is 1. The van der Waals surface area contributed by atoms with Crippen molar-refractivity contribution in [2.24, 2.45) is 10.7 Å². The van der Waals surface area contributed by atoms with Crippen LogP contribution in [0.3, 0.4) is 0 Å². The van der Waals surface area contributed by atoms with Gasteiger partial charge in [0.25, 0.3) is 0 Å². The summed E-state index contributed by atoms with van der Waals surface area (Å²) in [5.41, 5.74) is 7.79. The summed E-state index contributed by atoms with van der Waals surface area (Å²) in [6.07, 6.45) is -4.41. The van der Waals surface area contributed by atoms with Crippen LogP contribution < -0.4 is 20.5 Å². The maximum absolute atomic E-state index is 12.4. The van der Waals surface area contributed by atoms with Crippen LogP contribution in [0.2, 0.25) is 0 Å².